The van der Waals surface area contributed by atoms with E-state index in [4.69, 9.17) is 0 Å². The lowest BCUT2D eigenvalue weighted by atomic mass is 9.94. The lowest BCUT2D eigenvalue weighted by Crippen LogP contribution is -2.40. The van der Waals surface area contributed by atoms with Gasteiger partial charge in [-0.2, -0.15) is 0 Å². The standard InChI is InChI=1S/C14H25NO/c16-14(11-3-1-2-4-11)9-15-13-8-10-5-6-12(13)7-10/h10-16H,1-9H2. The molecule has 0 aromatic carbocycles. The molecule has 0 aromatic rings. The number of rotatable bonds is 4. The summed E-state index contributed by atoms with van der Waals surface area (Å²) in [5, 5.41) is 13.8. The second-order valence-corrected chi connectivity index (χ2v) is 6.30. The summed E-state index contributed by atoms with van der Waals surface area (Å²) in [6.07, 6.45) is 10.8. The maximum absolute atomic E-state index is 10.1. The van der Waals surface area contributed by atoms with Crippen molar-refractivity contribution in [2.75, 3.05) is 6.54 Å². The molecule has 0 saturated heterocycles. The molecule has 3 aliphatic rings. The summed E-state index contributed by atoms with van der Waals surface area (Å²) in [5.74, 6) is 2.53. The van der Waals surface area contributed by atoms with Crippen LogP contribution in [0.1, 0.15) is 51.4 Å². The van der Waals surface area contributed by atoms with Gasteiger partial charge in [-0.3, -0.25) is 0 Å². The van der Waals surface area contributed by atoms with E-state index in [9.17, 15) is 5.11 Å². The Bertz CT molecular complexity index is 237. The van der Waals surface area contributed by atoms with Crippen molar-refractivity contribution >= 4 is 0 Å². The van der Waals surface area contributed by atoms with Gasteiger partial charge in [-0.25, -0.2) is 0 Å². The second kappa shape index (κ2) is 4.66. The average Bonchev–Trinajstić information content (AvgIpc) is 3.01. The Morgan fingerprint density at radius 1 is 1.06 bits per heavy atom. The molecule has 0 aliphatic heterocycles. The van der Waals surface area contributed by atoms with Crippen LogP contribution in [-0.4, -0.2) is 23.8 Å². The van der Waals surface area contributed by atoms with Gasteiger partial charge in [-0.15, -0.1) is 0 Å². The highest BCUT2D eigenvalue weighted by molar-refractivity contribution is 4.94. The van der Waals surface area contributed by atoms with Crippen LogP contribution in [0.25, 0.3) is 0 Å². The fraction of sp³-hybridized carbons (Fsp3) is 1.00. The van der Waals surface area contributed by atoms with E-state index >= 15 is 0 Å². The monoisotopic (exact) mass is 223 g/mol. The predicted octanol–water partition coefficient (Wildman–Crippen LogP) is 2.32. The Morgan fingerprint density at radius 2 is 1.88 bits per heavy atom. The van der Waals surface area contributed by atoms with Gasteiger partial charge in [-0.1, -0.05) is 19.3 Å². The highest BCUT2D eigenvalue weighted by Gasteiger charge is 2.39. The van der Waals surface area contributed by atoms with Crippen molar-refractivity contribution in [1.82, 2.24) is 5.32 Å². The van der Waals surface area contributed by atoms with Crippen LogP contribution < -0.4 is 5.32 Å². The van der Waals surface area contributed by atoms with Gasteiger partial charge in [0.15, 0.2) is 0 Å². The largest absolute Gasteiger partial charge is 0.392 e. The molecular formula is C14H25NO. The van der Waals surface area contributed by atoms with E-state index in [2.05, 4.69) is 5.32 Å². The highest BCUT2D eigenvalue weighted by Crippen LogP contribution is 2.44. The van der Waals surface area contributed by atoms with Crippen molar-refractivity contribution in [2.24, 2.45) is 17.8 Å². The third-order valence-electron chi connectivity index (χ3n) is 5.27. The van der Waals surface area contributed by atoms with Crippen LogP contribution in [0.3, 0.4) is 0 Å². The SMILES string of the molecule is OC(CNC1CC2CCC1C2)C1CCCC1. The van der Waals surface area contributed by atoms with Crippen LogP contribution >= 0.6 is 0 Å². The molecule has 2 heteroatoms. The zero-order chi connectivity index (χ0) is 11.0. The first-order valence-corrected chi connectivity index (χ1v) is 7.24. The molecule has 3 rings (SSSR count). The smallest absolute Gasteiger partial charge is 0.0692 e. The third kappa shape index (κ3) is 2.14. The zero-order valence-corrected chi connectivity index (χ0v) is 10.2. The Hall–Kier alpha value is -0.0800. The number of aliphatic hydroxyl groups is 1. The van der Waals surface area contributed by atoms with Crippen LogP contribution in [0.4, 0.5) is 0 Å². The average molecular weight is 223 g/mol. The normalized spacial score (nSPS) is 40.7. The quantitative estimate of drug-likeness (QED) is 0.766. The van der Waals surface area contributed by atoms with Crippen molar-refractivity contribution in [2.45, 2.75) is 63.5 Å². The molecule has 3 aliphatic carbocycles. The molecule has 3 saturated carbocycles. The van der Waals surface area contributed by atoms with Crippen molar-refractivity contribution in [1.29, 1.82) is 0 Å². The summed E-state index contributed by atoms with van der Waals surface area (Å²) >= 11 is 0. The molecule has 2 bridgehead atoms. The minimum Gasteiger partial charge on any atom is -0.392 e. The van der Waals surface area contributed by atoms with Crippen LogP contribution in [0.5, 0.6) is 0 Å². The third-order valence-corrected chi connectivity index (χ3v) is 5.27. The number of hydrogen-bond donors (Lipinski definition) is 2. The van der Waals surface area contributed by atoms with Crippen LogP contribution in [0.2, 0.25) is 0 Å². The summed E-state index contributed by atoms with van der Waals surface area (Å²) in [5.41, 5.74) is 0. The van der Waals surface area contributed by atoms with Gasteiger partial charge in [0, 0.05) is 12.6 Å². The fourth-order valence-electron chi connectivity index (χ4n) is 4.28. The lowest BCUT2D eigenvalue weighted by Gasteiger charge is -2.26. The lowest BCUT2D eigenvalue weighted by molar-refractivity contribution is 0.103. The second-order valence-electron chi connectivity index (χ2n) is 6.30. The van der Waals surface area contributed by atoms with Gasteiger partial charge in [0.1, 0.15) is 0 Å². The summed E-state index contributed by atoms with van der Waals surface area (Å²) in [6.45, 7) is 0.846. The van der Waals surface area contributed by atoms with Crippen molar-refractivity contribution in [3.63, 3.8) is 0 Å². The summed E-state index contributed by atoms with van der Waals surface area (Å²) in [7, 11) is 0. The number of hydrogen-bond acceptors (Lipinski definition) is 2. The van der Waals surface area contributed by atoms with E-state index in [-0.39, 0.29) is 6.10 Å². The van der Waals surface area contributed by atoms with Gasteiger partial charge in [0.2, 0.25) is 0 Å². The van der Waals surface area contributed by atoms with Gasteiger partial charge in [0.05, 0.1) is 6.10 Å². The highest BCUT2D eigenvalue weighted by atomic mass is 16.3. The van der Waals surface area contributed by atoms with Crippen LogP contribution in [-0.2, 0) is 0 Å². The molecule has 2 nitrogen and oxygen atoms in total. The molecule has 16 heavy (non-hydrogen) atoms. The van der Waals surface area contributed by atoms with Crippen molar-refractivity contribution in [3.8, 4) is 0 Å². The molecule has 0 heterocycles. The maximum atomic E-state index is 10.1. The summed E-state index contributed by atoms with van der Waals surface area (Å²) in [6, 6.07) is 0.731. The first kappa shape index (κ1) is 11.0. The first-order valence-electron chi connectivity index (χ1n) is 7.24. The van der Waals surface area contributed by atoms with E-state index in [1.807, 2.05) is 0 Å². The molecule has 2 N–H and O–H groups in total. The fourth-order valence-corrected chi connectivity index (χ4v) is 4.28. The van der Waals surface area contributed by atoms with E-state index in [1.165, 1.54) is 51.4 Å². The minimum atomic E-state index is -0.0818. The van der Waals surface area contributed by atoms with E-state index in [1.54, 1.807) is 0 Å². The van der Waals surface area contributed by atoms with E-state index in [0.717, 1.165) is 24.4 Å². The first-order chi connectivity index (χ1) is 7.83. The molecule has 4 atom stereocenters. The van der Waals surface area contributed by atoms with Gasteiger partial charge < -0.3 is 10.4 Å². The summed E-state index contributed by atoms with van der Waals surface area (Å²) in [4.78, 5) is 0. The van der Waals surface area contributed by atoms with Gasteiger partial charge >= 0.3 is 0 Å². The zero-order valence-electron chi connectivity index (χ0n) is 10.2. The molecule has 3 fully saturated rings. The molecule has 4 unspecified atom stereocenters. The number of nitrogens with one attached hydrogen (secondary N) is 1. The van der Waals surface area contributed by atoms with Crippen molar-refractivity contribution in [3.05, 3.63) is 0 Å². The topological polar surface area (TPSA) is 32.3 Å². The predicted molar refractivity (Wildman–Crippen MR) is 65.2 cm³/mol. The molecule has 0 aromatic heterocycles. The molecule has 92 valence electrons. The van der Waals surface area contributed by atoms with Crippen LogP contribution in [0.15, 0.2) is 0 Å². The molecule has 0 radical (unpaired) electrons. The van der Waals surface area contributed by atoms with Crippen molar-refractivity contribution < 1.29 is 5.11 Å². The Labute approximate surface area is 98.8 Å². The molecule has 0 amide bonds. The molecular weight excluding hydrogens is 198 g/mol. The number of aliphatic hydroxyl groups excluding tert-OH is 1. The van der Waals surface area contributed by atoms with Crippen LogP contribution in [0, 0.1) is 17.8 Å². The Morgan fingerprint density at radius 3 is 2.50 bits per heavy atom. The van der Waals surface area contributed by atoms with Gasteiger partial charge in [-0.05, 0) is 49.9 Å². The van der Waals surface area contributed by atoms with E-state index in [0.29, 0.717) is 5.92 Å². The Kier molecular flexibility index (Phi) is 3.21. The molecule has 0 spiro atoms. The van der Waals surface area contributed by atoms with Gasteiger partial charge in [0.25, 0.3) is 0 Å². The number of fused-ring (bicyclic) bond motifs is 2. The van der Waals surface area contributed by atoms with E-state index < -0.39 is 0 Å². The summed E-state index contributed by atoms with van der Waals surface area (Å²) < 4.78 is 0. The Balaban J connectivity index is 1.42. The maximum Gasteiger partial charge on any atom is 0.0692 e. The minimum absolute atomic E-state index is 0.0818.